The molecule has 3 heterocycles. The Morgan fingerprint density at radius 2 is 1.88 bits per heavy atom. The molecule has 0 atom stereocenters. The summed E-state index contributed by atoms with van der Waals surface area (Å²) in [5.41, 5.74) is 0.995. The number of likely N-dealkylation sites (N-methyl/N-ethyl adjacent to an activating group) is 1. The maximum atomic E-state index is 12.1. The number of nitrogens with one attached hydrogen (secondary N) is 1. The maximum Gasteiger partial charge on any atom is 0.328 e. The molecule has 1 aliphatic carbocycles. The lowest BCUT2D eigenvalue weighted by molar-refractivity contribution is -0.119. The Kier molecular flexibility index (Phi) is 6.19. The van der Waals surface area contributed by atoms with E-state index in [1.54, 1.807) is 0 Å². The van der Waals surface area contributed by atoms with Crippen LogP contribution in [0.1, 0.15) is 23.3 Å². The Morgan fingerprint density at radius 3 is 2.55 bits per heavy atom. The van der Waals surface area contributed by atoms with E-state index in [4.69, 9.17) is 4.74 Å². The standard InChI is InChI=1S/C23H27N7O2S/c1-15-14-24-23(33-15)27-20-25-21(30-11-9-29(2)10-12-30)28-22(26-20)32-18-7-3-16(4-8-18)13-19(31)17-5-6-17/h3-4,7-8,14,17H,5-6,9-13H2,1-2H3,(H,24,25,26,27,28). The summed E-state index contributed by atoms with van der Waals surface area (Å²) in [4.78, 5) is 35.6. The number of aryl methyl sites for hydroxylation is 1. The molecule has 172 valence electrons. The molecule has 10 heteroatoms. The average molecular weight is 466 g/mol. The van der Waals surface area contributed by atoms with Crippen LogP contribution in [-0.4, -0.2) is 63.8 Å². The molecule has 2 aromatic heterocycles. The molecule has 0 radical (unpaired) electrons. The van der Waals surface area contributed by atoms with Crippen molar-refractivity contribution in [3.05, 3.63) is 40.9 Å². The van der Waals surface area contributed by atoms with Crippen molar-refractivity contribution in [2.45, 2.75) is 26.2 Å². The van der Waals surface area contributed by atoms with E-state index in [0.29, 0.717) is 29.9 Å². The summed E-state index contributed by atoms with van der Waals surface area (Å²) >= 11 is 1.54. The summed E-state index contributed by atoms with van der Waals surface area (Å²) in [5.74, 6) is 2.19. The minimum absolute atomic E-state index is 0.219. The van der Waals surface area contributed by atoms with Gasteiger partial charge in [-0.3, -0.25) is 10.1 Å². The molecular formula is C23H27N7O2S. The third-order valence-corrected chi connectivity index (χ3v) is 6.60. The van der Waals surface area contributed by atoms with E-state index in [1.165, 1.54) is 11.3 Å². The predicted octanol–water partition coefficient (Wildman–Crippen LogP) is 3.45. The van der Waals surface area contributed by atoms with Gasteiger partial charge < -0.3 is 14.5 Å². The number of hydrogen-bond acceptors (Lipinski definition) is 10. The number of thiazole rings is 1. The second kappa shape index (κ2) is 9.40. The van der Waals surface area contributed by atoms with Gasteiger partial charge in [0.15, 0.2) is 5.13 Å². The molecule has 0 bridgehead atoms. The number of carbonyl (C=O) groups is 1. The van der Waals surface area contributed by atoms with Crippen LogP contribution in [0, 0.1) is 12.8 Å². The third kappa shape index (κ3) is 5.63. The van der Waals surface area contributed by atoms with Crippen molar-refractivity contribution in [3.63, 3.8) is 0 Å². The van der Waals surface area contributed by atoms with Crippen LogP contribution in [0.3, 0.4) is 0 Å². The van der Waals surface area contributed by atoms with Crippen molar-refractivity contribution in [2.24, 2.45) is 5.92 Å². The van der Waals surface area contributed by atoms with Gasteiger partial charge in [-0.15, -0.1) is 11.3 Å². The molecule has 1 aliphatic heterocycles. The zero-order valence-electron chi connectivity index (χ0n) is 18.8. The van der Waals surface area contributed by atoms with Gasteiger partial charge in [-0.1, -0.05) is 12.1 Å². The number of ether oxygens (including phenoxy) is 1. The Labute approximate surface area is 196 Å². The number of hydrogen-bond donors (Lipinski definition) is 1. The number of aromatic nitrogens is 4. The molecule has 1 saturated heterocycles. The Hall–Kier alpha value is -3.11. The Morgan fingerprint density at radius 1 is 1.12 bits per heavy atom. The molecule has 1 saturated carbocycles. The average Bonchev–Trinajstić information content (AvgIpc) is 3.58. The molecule has 0 amide bonds. The lowest BCUT2D eigenvalue weighted by atomic mass is 10.1. The highest BCUT2D eigenvalue weighted by Gasteiger charge is 2.29. The summed E-state index contributed by atoms with van der Waals surface area (Å²) in [6.45, 7) is 5.55. The van der Waals surface area contributed by atoms with Crippen molar-refractivity contribution in [1.82, 2.24) is 24.8 Å². The zero-order chi connectivity index (χ0) is 22.8. The molecular weight excluding hydrogens is 438 g/mol. The molecule has 5 rings (SSSR count). The van der Waals surface area contributed by atoms with E-state index >= 15 is 0 Å². The number of nitrogens with zero attached hydrogens (tertiary/aromatic N) is 6. The topological polar surface area (TPSA) is 96.4 Å². The molecule has 3 aromatic rings. The number of benzene rings is 1. The second-order valence-corrected chi connectivity index (χ2v) is 9.83. The Balaban J connectivity index is 1.35. The summed E-state index contributed by atoms with van der Waals surface area (Å²) in [7, 11) is 2.11. The summed E-state index contributed by atoms with van der Waals surface area (Å²) < 4.78 is 5.99. The van der Waals surface area contributed by atoms with Gasteiger partial charge in [-0.05, 0) is 44.5 Å². The fourth-order valence-electron chi connectivity index (χ4n) is 3.64. The first kappa shape index (κ1) is 21.7. The quantitative estimate of drug-likeness (QED) is 0.536. The minimum atomic E-state index is 0.219. The van der Waals surface area contributed by atoms with Crippen LogP contribution in [-0.2, 0) is 11.2 Å². The summed E-state index contributed by atoms with van der Waals surface area (Å²) in [6.07, 6.45) is 4.35. The number of Topliss-reactive ketones (excluding diaryl/α,β-unsaturated/α-hetero) is 1. The largest absolute Gasteiger partial charge is 0.424 e. The van der Waals surface area contributed by atoms with E-state index in [0.717, 1.165) is 54.6 Å². The molecule has 2 aliphatic rings. The smallest absolute Gasteiger partial charge is 0.328 e. The van der Waals surface area contributed by atoms with Crippen LogP contribution in [0.25, 0.3) is 0 Å². The lowest BCUT2D eigenvalue weighted by Crippen LogP contribution is -2.45. The molecule has 1 N–H and O–H groups in total. The van der Waals surface area contributed by atoms with Crippen LogP contribution in [0.5, 0.6) is 11.8 Å². The predicted molar refractivity (Wildman–Crippen MR) is 128 cm³/mol. The van der Waals surface area contributed by atoms with Gasteiger partial charge in [0.05, 0.1) is 0 Å². The van der Waals surface area contributed by atoms with Gasteiger partial charge in [0.2, 0.25) is 11.9 Å². The van der Waals surface area contributed by atoms with Gasteiger partial charge in [-0.25, -0.2) is 4.98 Å². The van der Waals surface area contributed by atoms with Crippen molar-refractivity contribution in [2.75, 3.05) is 43.4 Å². The second-order valence-electron chi connectivity index (χ2n) is 8.60. The molecule has 9 nitrogen and oxygen atoms in total. The van der Waals surface area contributed by atoms with Gasteiger partial charge in [-0.2, -0.15) is 15.0 Å². The van der Waals surface area contributed by atoms with Crippen molar-refractivity contribution < 1.29 is 9.53 Å². The maximum absolute atomic E-state index is 12.1. The minimum Gasteiger partial charge on any atom is -0.424 e. The van der Waals surface area contributed by atoms with Crippen LogP contribution >= 0.6 is 11.3 Å². The van der Waals surface area contributed by atoms with Gasteiger partial charge in [0, 0.05) is 49.6 Å². The monoisotopic (exact) mass is 465 g/mol. The first-order valence-corrected chi connectivity index (χ1v) is 12.0. The fraction of sp³-hybridized carbons (Fsp3) is 0.435. The van der Waals surface area contributed by atoms with Gasteiger partial charge >= 0.3 is 6.01 Å². The molecule has 0 unspecified atom stereocenters. The van der Waals surface area contributed by atoms with E-state index in [9.17, 15) is 4.79 Å². The SMILES string of the molecule is Cc1cnc(Nc2nc(Oc3ccc(CC(=O)C4CC4)cc3)nc(N3CCN(C)CC3)n2)s1. The highest BCUT2D eigenvalue weighted by atomic mass is 32.1. The zero-order valence-corrected chi connectivity index (χ0v) is 19.6. The fourth-order valence-corrected chi connectivity index (χ4v) is 4.29. The van der Waals surface area contributed by atoms with Crippen molar-refractivity contribution in [1.29, 1.82) is 0 Å². The van der Waals surface area contributed by atoms with Crippen LogP contribution in [0.4, 0.5) is 17.0 Å². The number of piperazine rings is 1. The molecule has 2 fully saturated rings. The van der Waals surface area contributed by atoms with Crippen LogP contribution < -0.4 is 15.0 Å². The number of carbonyl (C=O) groups excluding carboxylic acids is 1. The van der Waals surface area contributed by atoms with Gasteiger partial charge in [0.1, 0.15) is 11.5 Å². The third-order valence-electron chi connectivity index (χ3n) is 5.77. The molecule has 1 aromatic carbocycles. The van der Waals surface area contributed by atoms with E-state index in [2.05, 4.69) is 42.1 Å². The first-order valence-electron chi connectivity index (χ1n) is 11.2. The number of rotatable bonds is 8. The number of ketones is 1. The van der Waals surface area contributed by atoms with Crippen LogP contribution in [0.15, 0.2) is 30.5 Å². The van der Waals surface area contributed by atoms with Crippen LogP contribution in [0.2, 0.25) is 0 Å². The van der Waals surface area contributed by atoms with E-state index in [-0.39, 0.29) is 11.9 Å². The van der Waals surface area contributed by atoms with Gasteiger partial charge in [0.25, 0.3) is 0 Å². The highest BCUT2D eigenvalue weighted by molar-refractivity contribution is 7.15. The van der Waals surface area contributed by atoms with Crippen molar-refractivity contribution >= 4 is 34.1 Å². The van der Waals surface area contributed by atoms with Crippen molar-refractivity contribution in [3.8, 4) is 11.8 Å². The summed E-state index contributed by atoms with van der Waals surface area (Å²) in [5, 5.41) is 3.90. The first-order chi connectivity index (χ1) is 16.0. The van der Waals surface area contributed by atoms with E-state index < -0.39 is 0 Å². The lowest BCUT2D eigenvalue weighted by Gasteiger charge is -2.32. The van der Waals surface area contributed by atoms with E-state index in [1.807, 2.05) is 37.4 Å². The normalized spacial score (nSPS) is 16.6. The number of anilines is 3. The summed E-state index contributed by atoms with van der Waals surface area (Å²) in [6, 6.07) is 7.78. The molecule has 33 heavy (non-hydrogen) atoms. The highest BCUT2D eigenvalue weighted by Crippen LogP contribution is 2.31. The molecule has 0 spiro atoms. The Bertz CT molecular complexity index is 1120.